The monoisotopic (exact) mass is 259 g/mol. The van der Waals surface area contributed by atoms with Crippen LogP contribution in [0.25, 0.3) is 0 Å². The molecule has 2 N–H and O–H groups in total. The van der Waals surface area contributed by atoms with Crippen LogP contribution in [-0.4, -0.2) is 17.7 Å². The molecule has 1 spiro atoms. The van der Waals surface area contributed by atoms with Gasteiger partial charge in [0.15, 0.2) is 0 Å². The molecule has 104 valence electrons. The Kier molecular flexibility index (Phi) is 3.40. The molecule has 0 aromatic heterocycles. The van der Waals surface area contributed by atoms with Crippen LogP contribution in [0.2, 0.25) is 0 Å². The quantitative estimate of drug-likeness (QED) is 0.904. The van der Waals surface area contributed by atoms with Crippen molar-refractivity contribution in [1.29, 1.82) is 0 Å². The lowest BCUT2D eigenvalue weighted by Gasteiger charge is -2.50. The first kappa shape index (κ1) is 13.1. The number of hydrogen-bond donors (Lipinski definition) is 1. The maximum Gasteiger partial charge on any atom is 0.0686 e. The van der Waals surface area contributed by atoms with E-state index in [1.165, 1.54) is 24.8 Å². The van der Waals surface area contributed by atoms with E-state index in [1.807, 2.05) is 0 Å². The molecule has 2 nitrogen and oxygen atoms in total. The zero-order valence-electron chi connectivity index (χ0n) is 11.9. The van der Waals surface area contributed by atoms with Gasteiger partial charge in [0, 0.05) is 12.1 Å². The fourth-order valence-electron chi connectivity index (χ4n) is 3.69. The molecule has 2 unspecified atom stereocenters. The molecule has 2 heteroatoms. The molecule has 0 amide bonds. The second kappa shape index (κ2) is 4.92. The Hall–Kier alpha value is -0.860. The van der Waals surface area contributed by atoms with Gasteiger partial charge in [-0.3, -0.25) is 0 Å². The summed E-state index contributed by atoms with van der Waals surface area (Å²) in [6, 6.07) is 10.6. The third kappa shape index (κ3) is 2.70. The summed E-state index contributed by atoms with van der Waals surface area (Å²) in [5, 5.41) is 0. The van der Waals surface area contributed by atoms with Crippen molar-refractivity contribution in [3.8, 4) is 0 Å². The van der Waals surface area contributed by atoms with Crippen LogP contribution in [0.1, 0.15) is 44.6 Å². The van der Waals surface area contributed by atoms with Gasteiger partial charge in [-0.05, 0) is 56.9 Å². The average molecular weight is 259 g/mol. The van der Waals surface area contributed by atoms with Gasteiger partial charge in [0.05, 0.1) is 5.60 Å². The van der Waals surface area contributed by atoms with E-state index in [-0.39, 0.29) is 11.1 Å². The van der Waals surface area contributed by atoms with Crippen molar-refractivity contribution >= 4 is 0 Å². The van der Waals surface area contributed by atoms with Crippen LogP contribution in [-0.2, 0) is 11.2 Å². The van der Waals surface area contributed by atoms with E-state index in [1.54, 1.807) is 0 Å². The Morgan fingerprint density at radius 1 is 1.32 bits per heavy atom. The van der Waals surface area contributed by atoms with Gasteiger partial charge in [0.2, 0.25) is 0 Å². The Labute approximate surface area is 116 Å². The van der Waals surface area contributed by atoms with Gasteiger partial charge in [0.1, 0.15) is 0 Å². The highest BCUT2D eigenvalue weighted by Gasteiger charge is 2.46. The first-order chi connectivity index (χ1) is 9.10. The first-order valence-electron chi connectivity index (χ1n) is 7.57. The van der Waals surface area contributed by atoms with Crippen LogP contribution in [0.5, 0.6) is 0 Å². The summed E-state index contributed by atoms with van der Waals surface area (Å²) in [4.78, 5) is 0. The summed E-state index contributed by atoms with van der Waals surface area (Å²) in [6.45, 7) is 3.12. The topological polar surface area (TPSA) is 35.2 Å². The van der Waals surface area contributed by atoms with Crippen molar-refractivity contribution in [1.82, 2.24) is 0 Å². The van der Waals surface area contributed by atoms with E-state index in [4.69, 9.17) is 10.5 Å². The summed E-state index contributed by atoms with van der Waals surface area (Å²) < 4.78 is 6.02. The van der Waals surface area contributed by atoms with Crippen molar-refractivity contribution in [3.05, 3.63) is 35.9 Å². The van der Waals surface area contributed by atoms with Crippen LogP contribution in [0.15, 0.2) is 30.3 Å². The molecule has 1 aromatic rings. The second-order valence-corrected chi connectivity index (χ2v) is 6.74. The molecule has 0 bridgehead atoms. The maximum absolute atomic E-state index is 6.67. The number of nitrogens with two attached hydrogens (primary N) is 1. The lowest BCUT2D eigenvalue weighted by atomic mass is 9.66. The smallest absolute Gasteiger partial charge is 0.0686 e. The zero-order valence-corrected chi connectivity index (χ0v) is 11.9. The SMILES string of the molecule is CC(N)(Cc1ccccc1)C1CCOC2(CCC2)C1. The van der Waals surface area contributed by atoms with E-state index in [0.717, 1.165) is 25.9 Å². The van der Waals surface area contributed by atoms with Crippen LogP contribution in [0.4, 0.5) is 0 Å². The van der Waals surface area contributed by atoms with Gasteiger partial charge in [0.25, 0.3) is 0 Å². The molecule has 1 aliphatic heterocycles. The van der Waals surface area contributed by atoms with Crippen LogP contribution in [0.3, 0.4) is 0 Å². The number of rotatable bonds is 3. The van der Waals surface area contributed by atoms with Gasteiger partial charge >= 0.3 is 0 Å². The fraction of sp³-hybridized carbons (Fsp3) is 0.647. The molecule has 1 aromatic carbocycles. The van der Waals surface area contributed by atoms with Crippen molar-refractivity contribution in [2.75, 3.05) is 6.61 Å². The van der Waals surface area contributed by atoms with E-state index >= 15 is 0 Å². The summed E-state index contributed by atoms with van der Waals surface area (Å²) in [5.74, 6) is 0.585. The molecule has 1 aliphatic carbocycles. The predicted molar refractivity (Wildman–Crippen MR) is 78.0 cm³/mol. The number of hydrogen-bond acceptors (Lipinski definition) is 2. The minimum Gasteiger partial charge on any atom is -0.375 e. The van der Waals surface area contributed by atoms with Crippen molar-refractivity contribution < 1.29 is 4.74 Å². The summed E-state index contributed by atoms with van der Waals surface area (Å²) in [5.41, 5.74) is 8.09. The highest BCUT2D eigenvalue weighted by Crippen LogP contribution is 2.46. The Morgan fingerprint density at radius 2 is 2.05 bits per heavy atom. The van der Waals surface area contributed by atoms with E-state index < -0.39 is 0 Å². The lowest BCUT2D eigenvalue weighted by Crippen LogP contribution is -2.55. The van der Waals surface area contributed by atoms with Crippen LogP contribution in [0, 0.1) is 5.92 Å². The van der Waals surface area contributed by atoms with Gasteiger partial charge in [-0.1, -0.05) is 30.3 Å². The average Bonchev–Trinajstić information content (AvgIpc) is 2.38. The highest BCUT2D eigenvalue weighted by atomic mass is 16.5. The largest absolute Gasteiger partial charge is 0.375 e. The molecule has 0 radical (unpaired) electrons. The van der Waals surface area contributed by atoms with Gasteiger partial charge < -0.3 is 10.5 Å². The Balaban J connectivity index is 1.69. The summed E-state index contributed by atoms with van der Waals surface area (Å²) >= 11 is 0. The third-order valence-corrected chi connectivity index (χ3v) is 5.12. The molecule has 1 saturated heterocycles. The minimum absolute atomic E-state index is 0.117. The standard InChI is InChI=1S/C17H25NO/c1-16(18,12-14-6-3-2-4-7-14)15-8-11-19-17(13-15)9-5-10-17/h2-4,6-7,15H,5,8-13,18H2,1H3. The summed E-state index contributed by atoms with van der Waals surface area (Å²) in [7, 11) is 0. The molecule has 1 saturated carbocycles. The van der Waals surface area contributed by atoms with Crippen LogP contribution >= 0.6 is 0 Å². The van der Waals surface area contributed by atoms with Crippen molar-refractivity contribution in [2.24, 2.45) is 11.7 Å². The molecular weight excluding hydrogens is 234 g/mol. The summed E-state index contributed by atoms with van der Waals surface area (Å²) in [6.07, 6.45) is 7.05. The molecule has 2 aliphatic rings. The van der Waals surface area contributed by atoms with Crippen molar-refractivity contribution in [3.63, 3.8) is 0 Å². The third-order valence-electron chi connectivity index (χ3n) is 5.12. The van der Waals surface area contributed by atoms with E-state index in [0.29, 0.717) is 5.92 Å². The Bertz CT molecular complexity index is 422. The number of ether oxygens (including phenoxy) is 1. The van der Waals surface area contributed by atoms with Gasteiger partial charge in [-0.2, -0.15) is 0 Å². The van der Waals surface area contributed by atoms with E-state index in [2.05, 4.69) is 37.3 Å². The predicted octanol–water partition coefficient (Wildman–Crippen LogP) is 3.30. The first-order valence-corrected chi connectivity index (χ1v) is 7.57. The molecule has 1 heterocycles. The minimum atomic E-state index is -0.117. The Morgan fingerprint density at radius 3 is 2.68 bits per heavy atom. The zero-order chi connectivity index (χ0) is 13.3. The van der Waals surface area contributed by atoms with E-state index in [9.17, 15) is 0 Å². The normalized spacial score (nSPS) is 28.6. The molecule has 3 rings (SSSR count). The lowest BCUT2D eigenvalue weighted by molar-refractivity contribution is -0.151. The van der Waals surface area contributed by atoms with Crippen LogP contribution < -0.4 is 5.73 Å². The molecule has 2 fully saturated rings. The highest BCUT2D eigenvalue weighted by molar-refractivity contribution is 5.18. The van der Waals surface area contributed by atoms with Gasteiger partial charge in [-0.25, -0.2) is 0 Å². The van der Waals surface area contributed by atoms with Crippen molar-refractivity contribution in [2.45, 2.75) is 56.6 Å². The number of benzene rings is 1. The maximum atomic E-state index is 6.67. The fourth-order valence-corrected chi connectivity index (χ4v) is 3.69. The molecule has 2 atom stereocenters. The van der Waals surface area contributed by atoms with Gasteiger partial charge in [-0.15, -0.1) is 0 Å². The second-order valence-electron chi connectivity index (χ2n) is 6.74. The molecular formula is C17H25NO. The molecule has 19 heavy (non-hydrogen) atoms.